The van der Waals surface area contributed by atoms with E-state index in [0.717, 1.165) is 5.56 Å². The second-order valence-corrected chi connectivity index (χ2v) is 5.59. The van der Waals surface area contributed by atoms with Crippen molar-refractivity contribution in [2.75, 3.05) is 13.6 Å². The molecule has 1 unspecified atom stereocenters. The summed E-state index contributed by atoms with van der Waals surface area (Å²) in [6.07, 6.45) is 2.10. The fraction of sp³-hybridized carbons (Fsp3) is 0.357. The summed E-state index contributed by atoms with van der Waals surface area (Å²) in [6.45, 7) is 4.54. The number of hydrogen-bond acceptors (Lipinski definition) is 1. The van der Waals surface area contributed by atoms with E-state index >= 15 is 0 Å². The molecule has 0 radical (unpaired) electrons. The smallest absolute Gasteiger partial charge is 0.236 e. The molecule has 0 aliphatic heterocycles. The number of carbonyl (C=O) groups excluding carboxylic acids is 1. The number of rotatable bonds is 4. The third kappa shape index (κ3) is 4.73. The Balaban J connectivity index is 2.63. The molecule has 0 bridgehead atoms. The zero-order chi connectivity index (χ0) is 12.8. The van der Waals surface area contributed by atoms with Gasteiger partial charge in [0.15, 0.2) is 0 Å². The maximum atomic E-state index is 11.7. The van der Waals surface area contributed by atoms with Gasteiger partial charge in [0.05, 0.1) is 4.83 Å². The van der Waals surface area contributed by atoms with Crippen molar-refractivity contribution in [3.05, 3.63) is 41.5 Å². The molecule has 0 N–H and O–H groups in total. The Morgan fingerprint density at radius 1 is 1.41 bits per heavy atom. The van der Waals surface area contributed by atoms with Gasteiger partial charge in [-0.15, -0.1) is 0 Å². The predicted octanol–water partition coefficient (Wildman–Crippen LogP) is 3.33. The van der Waals surface area contributed by atoms with Crippen molar-refractivity contribution in [3.63, 3.8) is 0 Å². The van der Waals surface area contributed by atoms with Crippen LogP contribution in [0.5, 0.6) is 0 Å². The van der Waals surface area contributed by atoms with Gasteiger partial charge < -0.3 is 4.90 Å². The van der Waals surface area contributed by atoms with Crippen molar-refractivity contribution in [1.82, 2.24) is 4.90 Å². The van der Waals surface area contributed by atoms with Crippen LogP contribution in [-0.2, 0) is 4.79 Å². The molecule has 0 aliphatic carbocycles. The van der Waals surface area contributed by atoms with E-state index in [0.29, 0.717) is 6.54 Å². The minimum atomic E-state index is -0.128. The number of amides is 1. The highest BCUT2D eigenvalue weighted by Gasteiger charge is 2.13. The molecule has 0 aromatic heterocycles. The molecule has 2 nitrogen and oxygen atoms in total. The van der Waals surface area contributed by atoms with Crippen molar-refractivity contribution in [2.24, 2.45) is 0 Å². The standard InChI is InChI=1S/C14H18BrNO/c1-11(9-13-7-5-4-6-8-13)10-16(3)14(17)12(2)15/h4-9,12H,10H2,1-3H3/b11-9+. The van der Waals surface area contributed by atoms with Gasteiger partial charge in [-0.05, 0) is 19.4 Å². The average Bonchev–Trinajstić information content (AvgIpc) is 2.28. The molecule has 1 amide bonds. The van der Waals surface area contributed by atoms with Crippen molar-refractivity contribution < 1.29 is 4.79 Å². The van der Waals surface area contributed by atoms with Crippen LogP contribution in [0, 0.1) is 0 Å². The zero-order valence-electron chi connectivity index (χ0n) is 10.5. The Morgan fingerprint density at radius 2 is 2.00 bits per heavy atom. The van der Waals surface area contributed by atoms with Gasteiger partial charge in [0, 0.05) is 13.6 Å². The molecule has 17 heavy (non-hydrogen) atoms. The Labute approximate surface area is 111 Å². The molecule has 0 saturated carbocycles. The first-order valence-electron chi connectivity index (χ1n) is 5.62. The van der Waals surface area contributed by atoms with Crippen molar-refractivity contribution in [2.45, 2.75) is 18.7 Å². The van der Waals surface area contributed by atoms with Crippen molar-refractivity contribution in [1.29, 1.82) is 0 Å². The van der Waals surface area contributed by atoms with E-state index in [2.05, 4.69) is 34.1 Å². The summed E-state index contributed by atoms with van der Waals surface area (Å²) in [6, 6.07) is 10.1. The summed E-state index contributed by atoms with van der Waals surface area (Å²) < 4.78 is 0. The normalized spacial score (nSPS) is 13.3. The summed E-state index contributed by atoms with van der Waals surface area (Å²) in [5.41, 5.74) is 2.33. The summed E-state index contributed by atoms with van der Waals surface area (Å²) in [5.74, 6) is 0.103. The molecule has 0 heterocycles. The van der Waals surface area contributed by atoms with Crippen LogP contribution in [0.4, 0.5) is 0 Å². The predicted molar refractivity (Wildman–Crippen MR) is 76.1 cm³/mol. The molecule has 1 aromatic rings. The zero-order valence-corrected chi connectivity index (χ0v) is 12.1. The van der Waals surface area contributed by atoms with Gasteiger partial charge in [0.25, 0.3) is 0 Å². The average molecular weight is 296 g/mol. The van der Waals surface area contributed by atoms with Gasteiger partial charge in [0.2, 0.25) is 5.91 Å². The highest BCUT2D eigenvalue weighted by atomic mass is 79.9. The number of carbonyl (C=O) groups is 1. The number of halogens is 1. The van der Waals surface area contributed by atoms with Gasteiger partial charge in [-0.25, -0.2) is 0 Å². The third-order valence-corrected chi connectivity index (χ3v) is 2.81. The second kappa shape index (κ2) is 6.60. The minimum absolute atomic E-state index is 0.103. The summed E-state index contributed by atoms with van der Waals surface area (Å²) in [7, 11) is 1.82. The van der Waals surface area contributed by atoms with E-state index in [-0.39, 0.29) is 10.7 Å². The molecule has 1 atom stereocenters. The van der Waals surface area contributed by atoms with Crippen molar-refractivity contribution in [3.8, 4) is 0 Å². The molecular weight excluding hydrogens is 278 g/mol. The Hall–Kier alpha value is -1.09. The van der Waals surface area contributed by atoms with Gasteiger partial charge in [-0.1, -0.05) is 57.9 Å². The molecule has 0 fully saturated rings. The van der Waals surface area contributed by atoms with Gasteiger partial charge >= 0.3 is 0 Å². The Morgan fingerprint density at radius 3 is 2.53 bits per heavy atom. The minimum Gasteiger partial charge on any atom is -0.341 e. The number of hydrogen-bond donors (Lipinski definition) is 0. The largest absolute Gasteiger partial charge is 0.341 e. The van der Waals surface area contributed by atoms with Crippen LogP contribution >= 0.6 is 15.9 Å². The van der Waals surface area contributed by atoms with Crippen molar-refractivity contribution >= 4 is 27.9 Å². The topological polar surface area (TPSA) is 20.3 Å². The lowest BCUT2D eigenvalue weighted by molar-refractivity contribution is -0.128. The van der Waals surface area contributed by atoms with E-state index in [4.69, 9.17) is 0 Å². The lowest BCUT2D eigenvalue weighted by atomic mass is 10.1. The van der Waals surface area contributed by atoms with E-state index in [1.165, 1.54) is 5.57 Å². The lowest BCUT2D eigenvalue weighted by Crippen LogP contribution is -2.33. The molecule has 0 saturated heterocycles. The quantitative estimate of drug-likeness (QED) is 0.780. The highest BCUT2D eigenvalue weighted by molar-refractivity contribution is 9.10. The van der Waals surface area contributed by atoms with Gasteiger partial charge in [-0.3, -0.25) is 4.79 Å². The maximum absolute atomic E-state index is 11.7. The SMILES string of the molecule is C/C(=C\c1ccccc1)CN(C)C(=O)C(C)Br. The Kier molecular flexibility index (Phi) is 5.42. The van der Waals surface area contributed by atoms with E-state index in [1.54, 1.807) is 4.90 Å². The van der Waals surface area contributed by atoms with Crippen LogP contribution < -0.4 is 0 Å². The first-order valence-corrected chi connectivity index (χ1v) is 6.53. The molecule has 0 spiro atoms. The Bertz CT molecular complexity index is 398. The number of nitrogens with zero attached hydrogens (tertiary/aromatic N) is 1. The van der Waals surface area contributed by atoms with E-state index in [1.807, 2.05) is 39.1 Å². The summed E-state index contributed by atoms with van der Waals surface area (Å²) in [4.78, 5) is 13.3. The highest BCUT2D eigenvalue weighted by Crippen LogP contribution is 2.09. The number of likely N-dealkylation sites (N-methyl/N-ethyl adjacent to an activating group) is 1. The fourth-order valence-corrected chi connectivity index (χ4v) is 1.98. The van der Waals surface area contributed by atoms with Crippen LogP contribution in [0.25, 0.3) is 6.08 Å². The van der Waals surface area contributed by atoms with E-state index in [9.17, 15) is 4.79 Å². The molecule has 1 rings (SSSR count). The maximum Gasteiger partial charge on any atom is 0.236 e. The van der Waals surface area contributed by atoms with Gasteiger partial charge in [0.1, 0.15) is 0 Å². The lowest BCUT2D eigenvalue weighted by Gasteiger charge is -2.19. The first kappa shape index (κ1) is 14.0. The first-order chi connectivity index (χ1) is 8.00. The monoisotopic (exact) mass is 295 g/mol. The molecule has 3 heteroatoms. The molecule has 92 valence electrons. The van der Waals surface area contributed by atoms with Crippen LogP contribution in [0.1, 0.15) is 19.4 Å². The van der Waals surface area contributed by atoms with E-state index < -0.39 is 0 Å². The van der Waals surface area contributed by atoms with Crippen LogP contribution in [-0.4, -0.2) is 29.2 Å². The second-order valence-electron chi connectivity index (χ2n) is 4.21. The number of alkyl halides is 1. The molecular formula is C14H18BrNO. The van der Waals surface area contributed by atoms with Crippen LogP contribution in [0.3, 0.4) is 0 Å². The molecule has 1 aromatic carbocycles. The third-order valence-electron chi connectivity index (χ3n) is 2.42. The van der Waals surface area contributed by atoms with Gasteiger partial charge in [-0.2, -0.15) is 0 Å². The summed E-state index contributed by atoms with van der Waals surface area (Å²) in [5, 5.41) is 0. The fourth-order valence-electron chi connectivity index (χ4n) is 1.64. The van der Waals surface area contributed by atoms with Crippen LogP contribution in [0.15, 0.2) is 35.9 Å². The van der Waals surface area contributed by atoms with Crippen LogP contribution in [0.2, 0.25) is 0 Å². The molecule has 0 aliphatic rings. The summed E-state index contributed by atoms with van der Waals surface area (Å²) >= 11 is 3.29. The number of benzene rings is 1.